The summed E-state index contributed by atoms with van der Waals surface area (Å²) < 4.78 is 0. The van der Waals surface area contributed by atoms with E-state index in [0.717, 1.165) is 0 Å². The van der Waals surface area contributed by atoms with Gasteiger partial charge in [0, 0.05) is 20.4 Å². The van der Waals surface area contributed by atoms with E-state index < -0.39 is 0 Å². The second-order valence-corrected chi connectivity index (χ2v) is 0.105. The molecule has 0 aliphatic heterocycles. The van der Waals surface area contributed by atoms with Crippen molar-refractivity contribution < 1.29 is 30.3 Å². The van der Waals surface area contributed by atoms with Crippen LogP contribution in [0, 0.1) is 0 Å². The van der Waals surface area contributed by atoms with Gasteiger partial charge in [0.25, 0.3) is 6.47 Å². The van der Waals surface area contributed by atoms with E-state index in [2.05, 4.69) is 0 Å². The maximum absolute atomic E-state index is 8.36. The predicted molar refractivity (Wildman–Crippen MR) is 14.0 cm³/mol. The van der Waals surface area contributed by atoms with Crippen LogP contribution in [0.2, 0.25) is 0 Å². The van der Waals surface area contributed by atoms with Gasteiger partial charge in [-0.2, -0.15) is 0 Å². The molecule has 0 amide bonds. The van der Waals surface area contributed by atoms with Crippen molar-refractivity contribution in [2.75, 3.05) is 0 Å². The molecule has 0 rings (SSSR count). The Morgan fingerprint density at radius 2 is 1.60 bits per heavy atom. The summed E-state index contributed by atoms with van der Waals surface area (Å²) in [6, 6.07) is 0. The first-order valence-corrected chi connectivity index (χ1v) is 0.494. The first-order valence-electron chi connectivity index (χ1n) is 0.494. The Hall–Kier alpha value is 0.0923. The summed E-state index contributed by atoms with van der Waals surface area (Å²) in [5, 5.41) is 6.89. The SMILES string of the molecule is O=CO.[NH2-].[Pd]. The van der Waals surface area contributed by atoms with Crippen LogP contribution in [0.15, 0.2) is 0 Å². The van der Waals surface area contributed by atoms with Crippen LogP contribution in [-0.4, -0.2) is 11.6 Å². The molecule has 36 valence electrons. The zero-order chi connectivity index (χ0) is 2.71. The number of hydrogen-bond acceptors (Lipinski definition) is 1. The molecule has 3 N–H and O–H groups in total. The third kappa shape index (κ3) is 2100. The largest absolute Gasteiger partial charge is 0.693 e. The zero-order valence-corrected chi connectivity index (χ0v) is 3.88. The molecule has 0 atom stereocenters. The number of nitrogens with two attached hydrogens (primary N) is 1. The van der Waals surface area contributed by atoms with Crippen LogP contribution in [0.1, 0.15) is 0 Å². The summed E-state index contributed by atoms with van der Waals surface area (Å²) in [4.78, 5) is 8.36. The Labute approximate surface area is 43.6 Å². The van der Waals surface area contributed by atoms with E-state index in [-0.39, 0.29) is 33.0 Å². The fourth-order valence-electron chi connectivity index (χ4n) is 0. The van der Waals surface area contributed by atoms with Gasteiger partial charge in [0.2, 0.25) is 0 Å². The van der Waals surface area contributed by atoms with E-state index in [0.29, 0.717) is 0 Å². The average Bonchev–Trinajstić information content (AvgIpc) is 0.918. The monoisotopic (exact) mass is 168 g/mol. The Bertz CT molecular complexity index is 17.1. The Kier molecular flexibility index (Phi) is 128. The molecule has 0 bridgehead atoms. The van der Waals surface area contributed by atoms with Gasteiger partial charge in [0.15, 0.2) is 0 Å². The molecule has 0 spiro atoms. The smallest absolute Gasteiger partial charge is 0.290 e. The van der Waals surface area contributed by atoms with Crippen LogP contribution >= 0.6 is 0 Å². The van der Waals surface area contributed by atoms with Crippen molar-refractivity contribution in [1.82, 2.24) is 0 Å². The topological polar surface area (TPSA) is 70.8 Å². The van der Waals surface area contributed by atoms with E-state index in [1.165, 1.54) is 0 Å². The zero-order valence-electron chi connectivity index (χ0n) is 2.33. The number of carboxylic acid groups (broad SMARTS) is 1. The van der Waals surface area contributed by atoms with Crippen LogP contribution in [0.4, 0.5) is 0 Å². The Morgan fingerprint density at radius 3 is 1.60 bits per heavy atom. The average molecular weight is 168 g/mol. The van der Waals surface area contributed by atoms with Crippen LogP contribution in [-0.2, 0) is 25.2 Å². The van der Waals surface area contributed by atoms with Crippen molar-refractivity contribution in [1.29, 1.82) is 0 Å². The van der Waals surface area contributed by atoms with Crippen LogP contribution in [0.3, 0.4) is 0 Å². The van der Waals surface area contributed by atoms with Gasteiger partial charge in [-0.1, -0.05) is 0 Å². The summed E-state index contributed by atoms with van der Waals surface area (Å²) >= 11 is 0. The van der Waals surface area contributed by atoms with Gasteiger partial charge >= 0.3 is 0 Å². The number of hydrogen-bond donors (Lipinski definition) is 1. The molecule has 4 heteroatoms. The fraction of sp³-hybridized carbons (Fsp3) is 0. The molecule has 0 unspecified atom stereocenters. The summed E-state index contributed by atoms with van der Waals surface area (Å²) in [6.07, 6.45) is 0. The maximum Gasteiger partial charge on any atom is 0.290 e. The van der Waals surface area contributed by atoms with Crippen molar-refractivity contribution in [2.45, 2.75) is 0 Å². The van der Waals surface area contributed by atoms with Crippen LogP contribution in [0.25, 0.3) is 6.15 Å². The number of carbonyl (C=O) groups is 1. The van der Waals surface area contributed by atoms with Crippen LogP contribution < -0.4 is 0 Å². The summed E-state index contributed by atoms with van der Waals surface area (Å²) in [7, 11) is 0. The molecule has 0 aromatic rings. The van der Waals surface area contributed by atoms with Crippen molar-refractivity contribution in [3.63, 3.8) is 0 Å². The first-order chi connectivity index (χ1) is 1.41. The number of rotatable bonds is 0. The fourth-order valence-corrected chi connectivity index (χ4v) is 0. The van der Waals surface area contributed by atoms with Gasteiger partial charge in [-0.25, -0.2) is 0 Å². The van der Waals surface area contributed by atoms with Gasteiger partial charge in [-0.05, 0) is 0 Å². The molecule has 0 saturated heterocycles. The van der Waals surface area contributed by atoms with E-state index in [4.69, 9.17) is 9.90 Å². The standard InChI is InChI=1S/CH2O2.H2N.Pd/c2-1-3;;/h1H,(H,2,3);1H2;/q;-1;. The van der Waals surface area contributed by atoms with E-state index in [9.17, 15) is 0 Å². The predicted octanol–water partition coefficient (Wildman–Crippen LogP) is 0.415. The molecular weight excluding hydrogens is 164 g/mol. The summed E-state index contributed by atoms with van der Waals surface area (Å²) in [6.45, 7) is -0.250. The Balaban J connectivity index is -0.0000000200. The van der Waals surface area contributed by atoms with Crippen molar-refractivity contribution in [3.05, 3.63) is 6.15 Å². The minimum Gasteiger partial charge on any atom is -0.693 e. The summed E-state index contributed by atoms with van der Waals surface area (Å²) in [5.41, 5.74) is 0. The molecular formula is CH4NO2Pd-. The molecule has 0 aromatic heterocycles. The molecule has 0 aliphatic carbocycles. The minimum atomic E-state index is -0.250. The minimum absolute atomic E-state index is 0. The quantitative estimate of drug-likeness (QED) is 0.420. The van der Waals surface area contributed by atoms with Crippen molar-refractivity contribution in [3.8, 4) is 0 Å². The molecule has 5 heavy (non-hydrogen) atoms. The third-order valence-electron chi connectivity index (χ3n) is 0. The second kappa shape index (κ2) is 32.8. The van der Waals surface area contributed by atoms with E-state index >= 15 is 0 Å². The van der Waals surface area contributed by atoms with E-state index in [1.807, 2.05) is 0 Å². The second-order valence-electron chi connectivity index (χ2n) is 0.105. The molecule has 0 aromatic carbocycles. The van der Waals surface area contributed by atoms with E-state index in [1.54, 1.807) is 0 Å². The van der Waals surface area contributed by atoms with Gasteiger partial charge in [-0.3, -0.25) is 4.79 Å². The van der Waals surface area contributed by atoms with Gasteiger partial charge in [0.1, 0.15) is 0 Å². The Morgan fingerprint density at radius 1 is 1.60 bits per heavy atom. The first kappa shape index (κ1) is 19.5. The summed E-state index contributed by atoms with van der Waals surface area (Å²) in [5.74, 6) is 0. The normalized spacial score (nSPS) is 2.40. The van der Waals surface area contributed by atoms with Gasteiger partial charge in [0.05, 0.1) is 0 Å². The molecule has 0 aliphatic rings. The van der Waals surface area contributed by atoms with Crippen molar-refractivity contribution >= 4 is 6.47 Å². The van der Waals surface area contributed by atoms with Gasteiger partial charge < -0.3 is 11.3 Å². The molecule has 0 heterocycles. The van der Waals surface area contributed by atoms with Gasteiger partial charge in [-0.15, -0.1) is 0 Å². The molecule has 3 nitrogen and oxygen atoms in total. The molecule has 0 saturated carbocycles. The third-order valence-corrected chi connectivity index (χ3v) is 0. The maximum atomic E-state index is 8.36. The molecule has 0 fully saturated rings. The molecule has 0 radical (unpaired) electrons. The van der Waals surface area contributed by atoms with Crippen molar-refractivity contribution in [2.24, 2.45) is 0 Å². The van der Waals surface area contributed by atoms with Crippen LogP contribution in [0.5, 0.6) is 0 Å².